The third-order valence-corrected chi connectivity index (χ3v) is 7.71. The van der Waals surface area contributed by atoms with Crippen molar-refractivity contribution >= 4 is 6.08 Å². The van der Waals surface area contributed by atoms with E-state index in [0.29, 0.717) is 62.1 Å². The molecule has 272 valence electrons. The van der Waals surface area contributed by atoms with Gasteiger partial charge in [0.2, 0.25) is 0 Å². The molecule has 15 heteroatoms. The molecule has 0 aliphatic carbocycles. The molecule has 1 aliphatic heterocycles. The van der Waals surface area contributed by atoms with Gasteiger partial charge in [-0.05, 0) is 79.1 Å². The van der Waals surface area contributed by atoms with Crippen molar-refractivity contribution in [2.75, 3.05) is 26.4 Å². The van der Waals surface area contributed by atoms with Gasteiger partial charge in [-0.2, -0.15) is 17.6 Å². The molecule has 4 aromatic rings. The second-order valence-electron chi connectivity index (χ2n) is 11.3. The summed E-state index contributed by atoms with van der Waals surface area (Å²) >= 11 is 0. The highest BCUT2D eigenvalue weighted by atomic mass is 19.3. The van der Waals surface area contributed by atoms with Crippen molar-refractivity contribution in [1.82, 2.24) is 0 Å². The summed E-state index contributed by atoms with van der Waals surface area (Å²) < 4.78 is 171. The van der Waals surface area contributed by atoms with Gasteiger partial charge in [0, 0.05) is 30.3 Å². The highest BCUT2D eigenvalue weighted by Crippen LogP contribution is 2.40. The number of halogens is 10. The minimum absolute atomic E-state index is 0.00493. The Morgan fingerprint density at radius 1 is 0.725 bits per heavy atom. The summed E-state index contributed by atoms with van der Waals surface area (Å²) in [7, 11) is 0. The standard InChI is InChI=1S/C36H28F10O5/c1-2-47-12-10-20-18-48-34(49-19-20)24-15-28(39)32(29(40)16-24)36(45,46)50-26-7-4-21(5-8-26)23-13-30(41)33(31(42)14-23)51-35(43,44)25-6-3-22(9-11-37)27(38)17-25/h3-9,11,13-17,20,34H,2,10,12,18-19H2,1H3/b11-9+. The van der Waals surface area contributed by atoms with Crippen LogP contribution < -0.4 is 9.47 Å². The zero-order valence-electron chi connectivity index (χ0n) is 26.5. The second-order valence-corrected chi connectivity index (χ2v) is 11.3. The zero-order valence-corrected chi connectivity index (χ0v) is 26.5. The van der Waals surface area contributed by atoms with E-state index in [0.717, 1.165) is 30.3 Å². The van der Waals surface area contributed by atoms with E-state index in [9.17, 15) is 35.1 Å². The average Bonchev–Trinajstić information content (AvgIpc) is 3.07. The van der Waals surface area contributed by atoms with Crippen molar-refractivity contribution in [2.24, 2.45) is 5.92 Å². The molecule has 0 spiro atoms. The van der Waals surface area contributed by atoms with Crippen LogP contribution in [0.5, 0.6) is 11.5 Å². The van der Waals surface area contributed by atoms with Gasteiger partial charge >= 0.3 is 12.2 Å². The Balaban J connectivity index is 1.26. The van der Waals surface area contributed by atoms with Crippen LogP contribution in [0.2, 0.25) is 0 Å². The molecular weight excluding hydrogens is 702 g/mol. The lowest BCUT2D eigenvalue weighted by Crippen LogP contribution is -2.29. The van der Waals surface area contributed by atoms with E-state index in [1.54, 1.807) is 0 Å². The number of hydrogen-bond acceptors (Lipinski definition) is 5. The molecule has 5 nitrogen and oxygen atoms in total. The maximum atomic E-state index is 15.1. The molecule has 0 N–H and O–H groups in total. The van der Waals surface area contributed by atoms with Gasteiger partial charge in [-0.25, -0.2) is 26.3 Å². The molecule has 1 heterocycles. The first-order valence-corrected chi connectivity index (χ1v) is 15.3. The summed E-state index contributed by atoms with van der Waals surface area (Å²) in [5.41, 5.74) is -3.57. The van der Waals surface area contributed by atoms with Gasteiger partial charge in [0.05, 0.1) is 25.1 Å². The molecule has 0 aromatic heterocycles. The molecule has 0 radical (unpaired) electrons. The molecule has 1 saturated heterocycles. The second kappa shape index (κ2) is 15.7. The van der Waals surface area contributed by atoms with Gasteiger partial charge in [-0.1, -0.05) is 18.2 Å². The van der Waals surface area contributed by atoms with E-state index < -0.39 is 70.2 Å². The SMILES string of the molecule is CCOCCC1COC(c2cc(F)c(C(F)(F)Oc3ccc(-c4cc(F)c(OC(F)(F)c5ccc(/C=C/F)c(F)c5)c(F)c4)cc3)c(F)c2)OC1. The van der Waals surface area contributed by atoms with Gasteiger partial charge in [-0.15, -0.1) is 0 Å². The Morgan fingerprint density at radius 3 is 1.92 bits per heavy atom. The third kappa shape index (κ3) is 8.83. The van der Waals surface area contributed by atoms with E-state index in [-0.39, 0.29) is 47.7 Å². The lowest BCUT2D eigenvalue weighted by molar-refractivity contribution is -0.208. The summed E-state index contributed by atoms with van der Waals surface area (Å²) in [6.07, 6.45) is -8.84. The Hall–Kier alpha value is -4.60. The number of benzene rings is 4. The van der Waals surface area contributed by atoms with Crippen molar-refractivity contribution in [3.05, 3.63) is 124 Å². The topological polar surface area (TPSA) is 46.2 Å². The quantitative estimate of drug-likeness (QED) is 0.101. The molecular formula is C36H28F10O5. The maximum Gasteiger partial charge on any atom is 0.432 e. The molecule has 51 heavy (non-hydrogen) atoms. The molecule has 0 bridgehead atoms. The van der Waals surface area contributed by atoms with Gasteiger partial charge in [0.25, 0.3) is 0 Å². The predicted molar refractivity (Wildman–Crippen MR) is 163 cm³/mol. The number of alkyl halides is 4. The van der Waals surface area contributed by atoms with Crippen molar-refractivity contribution in [1.29, 1.82) is 0 Å². The molecule has 0 atom stereocenters. The summed E-state index contributed by atoms with van der Waals surface area (Å²) in [5.74, 6) is -9.81. The summed E-state index contributed by atoms with van der Waals surface area (Å²) in [5, 5.41) is 0. The highest BCUT2D eigenvalue weighted by molar-refractivity contribution is 5.65. The van der Waals surface area contributed by atoms with E-state index in [1.165, 1.54) is 0 Å². The fraction of sp³-hybridized carbons (Fsp3) is 0.278. The summed E-state index contributed by atoms with van der Waals surface area (Å²) in [6, 6.07) is 8.30. The molecule has 0 unspecified atom stereocenters. The van der Waals surface area contributed by atoms with Crippen molar-refractivity contribution < 1.29 is 67.6 Å². The van der Waals surface area contributed by atoms with E-state index in [1.807, 2.05) is 6.92 Å². The normalized spacial score (nSPS) is 16.8. The van der Waals surface area contributed by atoms with Crippen molar-refractivity contribution in [3.8, 4) is 22.6 Å². The van der Waals surface area contributed by atoms with E-state index in [4.69, 9.17) is 14.2 Å². The molecule has 1 aliphatic rings. The van der Waals surface area contributed by atoms with Gasteiger partial charge in [-0.3, -0.25) is 0 Å². The summed E-state index contributed by atoms with van der Waals surface area (Å²) in [6.45, 7) is 3.26. The van der Waals surface area contributed by atoms with Crippen LogP contribution in [0, 0.1) is 35.0 Å². The van der Waals surface area contributed by atoms with Crippen LogP contribution in [0.3, 0.4) is 0 Å². The zero-order chi connectivity index (χ0) is 36.9. The number of ether oxygens (including phenoxy) is 5. The molecule has 0 amide bonds. The fourth-order valence-electron chi connectivity index (χ4n) is 5.14. The van der Waals surface area contributed by atoms with Gasteiger partial charge < -0.3 is 23.7 Å². The Morgan fingerprint density at radius 2 is 1.35 bits per heavy atom. The Labute approximate surface area is 285 Å². The fourth-order valence-corrected chi connectivity index (χ4v) is 5.14. The number of rotatable bonds is 13. The minimum atomic E-state index is -4.53. The van der Waals surface area contributed by atoms with Crippen LogP contribution in [0.4, 0.5) is 43.9 Å². The predicted octanol–water partition coefficient (Wildman–Crippen LogP) is 10.3. The molecule has 4 aromatic carbocycles. The van der Waals surface area contributed by atoms with E-state index in [2.05, 4.69) is 9.47 Å². The van der Waals surface area contributed by atoms with Crippen LogP contribution in [0.15, 0.2) is 73.1 Å². The molecule has 0 saturated carbocycles. The summed E-state index contributed by atoms with van der Waals surface area (Å²) in [4.78, 5) is 0. The first kappa shape index (κ1) is 37.7. The molecule has 1 fully saturated rings. The lowest BCUT2D eigenvalue weighted by Gasteiger charge is -2.30. The van der Waals surface area contributed by atoms with Crippen LogP contribution in [-0.4, -0.2) is 26.4 Å². The Kier molecular flexibility index (Phi) is 11.6. The van der Waals surface area contributed by atoms with Crippen LogP contribution >= 0.6 is 0 Å². The highest BCUT2D eigenvalue weighted by Gasteiger charge is 2.42. The van der Waals surface area contributed by atoms with Gasteiger partial charge in [0.1, 0.15) is 28.8 Å². The lowest BCUT2D eigenvalue weighted by atomic mass is 10.0. The van der Waals surface area contributed by atoms with Crippen LogP contribution in [0.25, 0.3) is 17.2 Å². The third-order valence-electron chi connectivity index (χ3n) is 7.71. The molecule has 5 rings (SSSR count). The first-order valence-electron chi connectivity index (χ1n) is 15.3. The van der Waals surface area contributed by atoms with Crippen molar-refractivity contribution in [2.45, 2.75) is 31.9 Å². The minimum Gasteiger partial charge on any atom is -0.429 e. The van der Waals surface area contributed by atoms with Crippen LogP contribution in [-0.2, 0) is 26.4 Å². The van der Waals surface area contributed by atoms with Crippen molar-refractivity contribution in [3.63, 3.8) is 0 Å². The van der Waals surface area contributed by atoms with E-state index >= 15 is 8.78 Å². The largest absolute Gasteiger partial charge is 0.432 e. The monoisotopic (exact) mass is 730 g/mol. The van der Waals surface area contributed by atoms with Crippen LogP contribution in [0.1, 0.15) is 41.9 Å². The first-order chi connectivity index (χ1) is 24.2. The number of hydrogen-bond donors (Lipinski definition) is 0. The van der Waals surface area contributed by atoms with Gasteiger partial charge in [0.15, 0.2) is 23.7 Å². The maximum absolute atomic E-state index is 15.1. The average molecular weight is 731 g/mol. The Bertz CT molecular complexity index is 1810. The smallest absolute Gasteiger partial charge is 0.429 e.